The number of imide groups is 1. The van der Waals surface area contributed by atoms with Crippen LogP contribution in [0.4, 0.5) is 0 Å². The highest BCUT2D eigenvalue weighted by Gasteiger charge is 2.50. The second-order valence-electron chi connectivity index (χ2n) is 6.50. The van der Waals surface area contributed by atoms with Crippen molar-refractivity contribution < 1.29 is 9.59 Å². The molecule has 0 saturated heterocycles. The molecule has 2 atom stereocenters. The van der Waals surface area contributed by atoms with Crippen molar-refractivity contribution in [2.45, 2.75) is 6.04 Å². The van der Waals surface area contributed by atoms with E-state index < -0.39 is 5.91 Å². The van der Waals surface area contributed by atoms with Crippen LogP contribution in [-0.2, 0) is 9.59 Å². The molecule has 0 radical (unpaired) electrons. The Kier molecular flexibility index (Phi) is 2.56. The van der Waals surface area contributed by atoms with E-state index in [9.17, 15) is 14.9 Å². The first-order chi connectivity index (χ1) is 12.1. The van der Waals surface area contributed by atoms with Crippen LogP contribution in [0.2, 0.25) is 0 Å². The average Bonchev–Trinajstić information content (AvgIpc) is 3.24. The van der Waals surface area contributed by atoms with Gasteiger partial charge in [-0.1, -0.05) is 36.4 Å². The maximum Gasteiger partial charge on any atom is 0.271 e. The summed E-state index contributed by atoms with van der Waals surface area (Å²) in [6.07, 6.45) is 8.06. The Morgan fingerprint density at radius 3 is 2.76 bits per heavy atom. The lowest BCUT2D eigenvalue weighted by Gasteiger charge is -2.27. The molecule has 5 rings (SSSR count). The molecule has 1 aromatic rings. The van der Waals surface area contributed by atoms with E-state index in [4.69, 9.17) is 0 Å². The van der Waals surface area contributed by atoms with Crippen LogP contribution in [0.1, 0.15) is 17.2 Å². The molecule has 4 aliphatic heterocycles. The van der Waals surface area contributed by atoms with Crippen molar-refractivity contribution in [3.8, 4) is 6.07 Å². The fraction of sp³-hybridized carbons (Fsp3) is 0.150. The van der Waals surface area contributed by atoms with E-state index in [1.807, 2.05) is 36.4 Å². The van der Waals surface area contributed by atoms with Gasteiger partial charge in [0, 0.05) is 29.9 Å². The summed E-state index contributed by atoms with van der Waals surface area (Å²) in [7, 11) is 1.43. The van der Waals surface area contributed by atoms with Gasteiger partial charge in [-0.2, -0.15) is 5.26 Å². The number of hydrogen-bond donors (Lipinski definition) is 0. The molecule has 2 amide bonds. The maximum absolute atomic E-state index is 12.7. The summed E-state index contributed by atoms with van der Waals surface area (Å²) in [6.45, 7) is 0. The number of likely N-dealkylation sites (N-methyl/N-ethyl adjacent to an activating group) is 1. The first-order valence-corrected chi connectivity index (χ1v) is 8.09. The van der Waals surface area contributed by atoms with Crippen LogP contribution in [-0.4, -0.2) is 28.7 Å². The Morgan fingerprint density at radius 1 is 1.16 bits per heavy atom. The minimum atomic E-state index is -0.511. The number of amides is 2. The van der Waals surface area contributed by atoms with Gasteiger partial charge in [-0.05, 0) is 17.7 Å². The number of nitrogens with zero attached hydrogens (tertiary/aromatic N) is 3. The molecule has 1 aromatic carbocycles. The molecular weight excluding hydrogens is 314 g/mol. The molecule has 2 unspecified atom stereocenters. The molecule has 0 bridgehead atoms. The molecule has 4 heterocycles. The third-order valence-electron chi connectivity index (χ3n) is 5.35. The number of allylic oxidation sites excluding steroid dienone is 3. The largest absolute Gasteiger partial charge is 0.333 e. The van der Waals surface area contributed by atoms with Gasteiger partial charge in [-0.3, -0.25) is 14.5 Å². The van der Waals surface area contributed by atoms with E-state index in [0.717, 1.165) is 27.4 Å². The van der Waals surface area contributed by atoms with Crippen molar-refractivity contribution in [2.24, 2.45) is 5.92 Å². The summed E-state index contributed by atoms with van der Waals surface area (Å²) in [5, 5.41) is 9.46. The monoisotopic (exact) mass is 327 g/mol. The highest BCUT2D eigenvalue weighted by Crippen LogP contribution is 2.55. The molecule has 4 aliphatic rings. The summed E-state index contributed by atoms with van der Waals surface area (Å²) in [6, 6.07) is 9.96. The molecule has 120 valence electrons. The van der Waals surface area contributed by atoms with Crippen molar-refractivity contribution in [1.29, 1.82) is 5.26 Å². The minimum Gasteiger partial charge on any atom is -0.333 e. The second-order valence-corrected chi connectivity index (χ2v) is 6.50. The van der Waals surface area contributed by atoms with Crippen molar-refractivity contribution >= 4 is 17.5 Å². The lowest BCUT2D eigenvalue weighted by atomic mass is 9.86. The molecule has 5 nitrogen and oxygen atoms in total. The fourth-order valence-electron chi connectivity index (χ4n) is 4.28. The number of nitriles is 1. The summed E-state index contributed by atoms with van der Waals surface area (Å²) < 4.78 is 0. The third kappa shape index (κ3) is 1.56. The van der Waals surface area contributed by atoms with Gasteiger partial charge in [0.15, 0.2) is 0 Å². The zero-order valence-corrected chi connectivity index (χ0v) is 13.4. The molecular formula is C20H13N3O2. The fourth-order valence-corrected chi connectivity index (χ4v) is 4.28. The maximum atomic E-state index is 12.7. The molecule has 0 aliphatic carbocycles. The lowest BCUT2D eigenvalue weighted by Crippen LogP contribution is -2.29. The van der Waals surface area contributed by atoms with Gasteiger partial charge in [0.1, 0.15) is 11.6 Å². The molecule has 0 aromatic heterocycles. The number of carbonyl (C=O) groups is 2. The van der Waals surface area contributed by atoms with Gasteiger partial charge in [0.25, 0.3) is 11.8 Å². The van der Waals surface area contributed by atoms with Gasteiger partial charge >= 0.3 is 0 Å². The topological polar surface area (TPSA) is 64.4 Å². The van der Waals surface area contributed by atoms with Crippen molar-refractivity contribution in [1.82, 2.24) is 9.80 Å². The van der Waals surface area contributed by atoms with Crippen LogP contribution in [0.25, 0.3) is 5.70 Å². The zero-order valence-electron chi connectivity index (χ0n) is 13.4. The van der Waals surface area contributed by atoms with Crippen molar-refractivity contribution in [3.63, 3.8) is 0 Å². The lowest BCUT2D eigenvalue weighted by molar-refractivity contribution is -0.135. The van der Waals surface area contributed by atoms with E-state index in [2.05, 4.69) is 23.1 Å². The summed E-state index contributed by atoms with van der Waals surface area (Å²) in [5.41, 5.74) is 4.63. The van der Waals surface area contributed by atoms with Gasteiger partial charge in [0.05, 0.1) is 11.6 Å². The van der Waals surface area contributed by atoms with E-state index in [1.165, 1.54) is 7.05 Å². The SMILES string of the molecule is CN1C(=O)C(C#N)=C(C2C=C3C=CC=C4c5ccccc5C2N34)C1=O. The first kappa shape index (κ1) is 14.0. The summed E-state index contributed by atoms with van der Waals surface area (Å²) in [4.78, 5) is 28.2. The second kappa shape index (κ2) is 4.58. The van der Waals surface area contributed by atoms with Crippen molar-refractivity contribution in [2.75, 3.05) is 7.05 Å². The highest BCUT2D eigenvalue weighted by atomic mass is 16.2. The molecule has 25 heavy (non-hydrogen) atoms. The first-order valence-electron chi connectivity index (χ1n) is 8.09. The Balaban J connectivity index is 1.75. The molecule has 0 spiro atoms. The van der Waals surface area contributed by atoms with E-state index >= 15 is 0 Å². The Morgan fingerprint density at radius 2 is 1.96 bits per heavy atom. The smallest absolute Gasteiger partial charge is 0.271 e. The highest BCUT2D eigenvalue weighted by molar-refractivity contribution is 6.21. The number of carbonyl (C=O) groups excluding carboxylic acids is 2. The normalized spacial score (nSPS) is 25.9. The molecule has 5 heteroatoms. The van der Waals surface area contributed by atoms with Crippen LogP contribution < -0.4 is 0 Å². The van der Waals surface area contributed by atoms with Gasteiger partial charge in [0.2, 0.25) is 0 Å². The number of fused-ring (bicyclic) bond motifs is 3. The predicted molar refractivity (Wildman–Crippen MR) is 90.1 cm³/mol. The van der Waals surface area contributed by atoms with E-state index in [0.29, 0.717) is 5.57 Å². The van der Waals surface area contributed by atoms with E-state index in [-0.39, 0.29) is 23.4 Å². The van der Waals surface area contributed by atoms with Crippen LogP contribution in [0, 0.1) is 17.2 Å². The van der Waals surface area contributed by atoms with Crippen LogP contribution in [0.5, 0.6) is 0 Å². The summed E-state index contributed by atoms with van der Waals surface area (Å²) in [5.74, 6) is -1.20. The van der Waals surface area contributed by atoms with Crippen LogP contribution in [0.3, 0.4) is 0 Å². The quantitative estimate of drug-likeness (QED) is 0.742. The predicted octanol–water partition coefficient (Wildman–Crippen LogP) is 2.29. The van der Waals surface area contributed by atoms with Gasteiger partial charge < -0.3 is 4.90 Å². The molecule has 0 fully saturated rings. The van der Waals surface area contributed by atoms with Crippen molar-refractivity contribution in [3.05, 3.63) is 76.5 Å². The number of benzene rings is 1. The van der Waals surface area contributed by atoms with Gasteiger partial charge in [-0.25, -0.2) is 0 Å². The molecule has 0 N–H and O–H groups in total. The average molecular weight is 327 g/mol. The van der Waals surface area contributed by atoms with Crippen LogP contribution >= 0.6 is 0 Å². The Labute approximate surface area is 144 Å². The zero-order chi connectivity index (χ0) is 17.3. The Bertz CT molecular complexity index is 1040. The summed E-state index contributed by atoms with van der Waals surface area (Å²) >= 11 is 0. The number of hydrogen-bond acceptors (Lipinski definition) is 4. The Hall–Kier alpha value is -3.39. The van der Waals surface area contributed by atoms with Gasteiger partial charge in [-0.15, -0.1) is 0 Å². The minimum absolute atomic E-state index is 0.0342. The van der Waals surface area contributed by atoms with E-state index in [1.54, 1.807) is 0 Å². The molecule has 0 saturated carbocycles. The standard InChI is InChI=1S/C20H13N3O2/c1-22-19(24)15(10-21)17(20(22)25)14-9-11-5-4-8-16-12-6-2-3-7-13(12)18(14)23(11)16/h2-9,14,18H,1H3. The third-order valence-corrected chi connectivity index (χ3v) is 5.35. The van der Waals surface area contributed by atoms with Crippen LogP contribution in [0.15, 0.2) is 65.4 Å². The number of rotatable bonds is 1.